The summed E-state index contributed by atoms with van der Waals surface area (Å²) >= 11 is 12.9. The van der Waals surface area contributed by atoms with Crippen LogP contribution in [-0.2, 0) is 0 Å². The highest BCUT2D eigenvalue weighted by Crippen LogP contribution is 2.48. The van der Waals surface area contributed by atoms with Gasteiger partial charge in [0, 0.05) is 105 Å². The number of hydrogen-bond acceptors (Lipinski definition) is 5. The first kappa shape index (κ1) is 36.7. The number of phenols is 1. The lowest BCUT2D eigenvalue weighted by Crippen LogP contribution is -2.30. The number of urea groups is 1. The number of anilines is 4. The Bertz CT molecular complexity index is 3070. The number of nitrogens with zero attached hydrogens (tertiary/aromatic N) is 2. The van der Waals surface area contributed by atoms with Crippen molar-refractivity contribution in [3.8, 4) is 11.5 Å². The van der Waals surface area contributed by atoms with Crippen molar-refractivity contribution in [1.82, 2.24) is 19.9 Å². The monoisotopic (exact) mass is 828 g/mol. The fourth-order valence-corrected chi connectivity index (χ4v) is 9.57. The zero-order valence-corrected chi connectivity index (χ0v) is 33.7. The van der Waals surface area contributed by atoms with Crippen molar-refractivity contribution < 1.29 is 24.2 Å². The number of aromatic amines is 4. The van der Waals surface area contributed by atoms with Gasteiger partial charge in [0.2, 0.25) is 0 Å². The Labute approximate surface area is 346 Å². The molecule has 10 rings (SSSR count). The smallest absolute Gasteiger partial charge is 0.323 e. The molecule has 4 aromatic heterocycles. The second kappa shape index (κ2) is 13.8. The molecule has 0 saturated heterocycles. The fraction of sp³-hybridized carbons (Fsp3) is 0.205. The number of phenolic OH excluding ortho intramolecular Hbond substituents is 1. The van der Waals surface area contributed by atoms with Crippen LogP contribution in [0.15, 0.2) is 73.1 Å². The van der Waals surface area contributed by atoms with Gasteiger partial charge < -0.3 is 50.2 Å². The molecule has 0 aliphatic carbocycles. The molecule has 0 unspecified atom stereocenters. The van der Waals surface area contributed by atoms with E-state index < -0.39 is 6.03 Å². The summed E-state index contributed by atoms with van der Waals surface area (Å²) in [6, 6.07) is 17.3. The Kier molecular flexibility index (Phi) is 8.58. The fourth-order valence-electron chi connectivity index (χ4n) is 9.07. The highest BCUT2D eigenvalue weighted by Gasteiger charge is 2.38. The van der Waals surface area contributed by atoms with Gasteiger partial charge in [0.15, 0.2) is 0 Å². The van der Waals surface area contributed by atoms with Gasteiger partial charge in [-0.15, -0.1) is 23.2 Å². The van der Waals surface area contributed by atoms with Gasteiger partial charge in [-0.2, -0.15) is 0 Å². The number of aryl methyl sites for hydroxylation is 2. The van der Waals surface area contributed by atoms with Gasteiger partial charge in [-0.05, 0) is 84.6 Å². The number of hydrogen-bond donors (Lipinski definition) is 7. The first-order chi connectivity index (χ1) is 28.5. The number of nitrogens with one attached hydrogen (secondary N) is 6. The summed E-state index contributed by atoms with van der Waals surface area (Å²) in [6.45, 7) is 4.80. The van der Waals surface area contributed by atoms with Crippen LogP contribution in [0.2, 0.25) is 0 Å². The molecular weight excluding hydrogens is 791 g/mol. The number of aromatic nitrogens is 4. The van der Waals surface area contributed by atoms with E-state index in [0.717, 1.165) is 66.0 Å². The number of carbonyl (C=O) groups excluding carboxylic acids is 3. The number of ether oxygens (including phenoxy) is 1. The summed E-state index contributed by atoms with van der Waals surface area (Å²) in [5, 5.41) is 20.0. The van der Waals surface area contributed by atoms with Crippen molar-refractivity contribution in [2.45, 2.75) is 25.7 Å². The molecule has 8 aromatic rings. The molecule has 4 amide bonds. The molecule has 2 atom stereocenters. The number of carbonyl (C=O) groups is 3. The molecule has 4 aromatic carbocycles. The van der Waals surface area contributed by atoms with Crippen molar-refractivity contribution in [3.05, 3.63) is 107 Å². The number of H-pyrrole nitrogens is 4. The number of rotatable bonds is 7. The van der Waals surface area contributed by atoms with Crippen LogP contribution in [0.1, 0.15) is 55.1 Å². The van der Waals surface area contributed by atoms with Crippen molar-refractivity contribution >= 4 is 107 Å². The van der Waals surface area contributed by atoms with Crippen LogP contribution < -0.4 is 25.2 Å². The van der Waals surface area contributed by atoms with Crippen LogP contribution in [0.4, 0.5) is 27.5 Å². The van der Waals surface area contributed by atoms with E-state index in [1.165, 1.54) is 0 Å². The maximum absolute atomic E-state index is 14.1. The summed E-state index contributed by atoms with van der Waals surface area (Å²) in [5.74, 6) is 0.812. The molecule has 298 valence electrons. The van der Waals surface area contributed by atoms with Gasteiger partial charge in [0.25, 0.3) is 11.8 Å². The Hall–Kier alpha value is -6.57. The van der Waals surface area contributed by atoms with Crippen LogP contribution >= 0.6 is 23.2 Å². The Morgan fingerprint density at radius 2 is 1.22 bits per heavy atom. The average molecular weight is 830 g/mol. The maximum Gasteiger partial charge on any atom is 0.323 e. The third kappa shape index (κ3) is 5.78. The number of methoxy groups -OCH3 is 1. The van der Waals surface area contributed by atoms with Crippen molar-refractivity contribution in [3.63, 3.8) is 0 Å². The van der Waals surface area contributed by atoms with E-state index in [4.69, 9.17) is 27.9 Å². The third-order valence-corrected chi connectivity index (χ3v) is 12.5. The molecule has 13 nitrogen and oxygen atoms in total. The van der Waals surface area contributed by atoms with Crippen LogP contribution in [-0.4, -0.2) is 74.8 Å². The standard InChI is InChI=1S/C44H38Cl2N8O5/c1-20-16-47-40-34(55)12-32-38(36(20)40)24(14-45)18-53(32)42(56)30-10-22-8-26(4-6-28(22)51-30)49-44(58)50-27-5-7-29-23(9-27)11-31(52-29)43(57)54-19-25(15-46)39-33(54)13-35(59-3)41-37(39)21(2)17-48-41/h4-13,16-17,24-25,47-48,51-52,55H,14-15,18-19H2,1-3H3,(H2,49,50,58)/t24-,25-/m1/s1. The van der Waals surface area contributed by atoms with Crippen LogP contribution in [0.25, 0.3) is 43.6 Å². The Balaban J connectivity index is 0.851. The number of fused-ring (bicyclic) bond motifs is 8. The number of alkyl halides is 2. The lowest BCUT2D eigenvalue weighted by molar-refractivity contribution is 0.0977. The van der Waals surface area contributed by atoms with Crippen molar-refractivity contribution in [2.75, 3.05) is 52.4 Å². The topological polar surface area (TPSA) is 174 Å². The number of benzene rings is 4. The third-order valence-electron chi connectivity index (χ3n) is 11.8. The van der Waals surface area contributed by atoms with Crippen LogP contribution in [0.5, 0.6) is 11.5 Å². The Morgan fingerprint density at radius 3 is 1.73 bits per heavy atom. The molecule has 0 radical (unpaired) electrons. The van der Waals surface area contributed by atoms with Gasteiger partial charge in [-0.25, -0.2) is 4.79 Å². The van der Waals surface area contributed by atoms with Gasteiger partial charge in [-0.3, -0.25) is 9.59 Å². The first-order valence-electron chi connectivity index (χ1n) is 19.2. The van der Waals surface area contributed by atoms with E-state index >= 15 is 0 Å². The zero-order chi connectivity index (χ0) is 40.9. The summed E-state index contributed by atoms with van der Waals surface area (Å²) in [7, 11) is 1.61. The normalized spacial score (nSPS) is 16.1. The SMILES string of the molecule is COc1cc2c(c3c(C)c[nH]c13)[C@H](CCl)CN2C(=O)c1cc2cc(NC(=O)Nc3ccc4[nH]c(C(=O)N5C[C@@H](CCl)c6c5cc(O)c5[nH]cc(C)c65)cc4c3)ccc2[nH]1. The molecule has 0 spiro atoms. The van der Waals surface area contributed by atoms with E-state index in [-0.39, 0.29) is 29.4 Å². The lowest BCUT2D eigenvalue weighted by atomic mass is 9.97. The van der Waals surface area contributed by atoms with Gasteiger partial charge in [0.05, 0.1) is 29.5 Å². The van der Waals surface area contributed by atoms with Crippen LogP contribution in [0.3, 0.4) is 0 Å². The molecule has 59 heavy (non-hydrogen) atoms. The molecule has 0 fully saturated rings. The number of aromatic hydroxyl groups is 1. The summed E-state index contributed by atoms with van der Waals surface area (Å²) in [5.41, 5.74) is 10.2. The van der Waals surface area contributed by atoms with Gasteiger partial charge in [-0.1, -0.05) is 0 Å². The highest BCUT2D eigenvalue weighted by atomic mass is 35.5. The van der Waals surface area contributed by atoms with Gasteiger partial charge in [0.1, 0.15) is 22.9 Å². The van der Waals surface area contributed by atoms with Crippen LogP contribution in [0, 0.1) is 13.8 Å². The highest BCUT2D eigenvalue weighted by molar-refractivity contribution is 6.20. The zero-order valence-electron chi connectivity index (χ0n) is 32.1. The molecule has 7 N–H and O–H groups in total. The second-order valence-electron chi connectivity index (χ2n) is 15.4. The number of halogens is 2. The first-order valence-corrected chi connectivity index (χ1v) is 20.2. The molecule has 6 heterocycles. The van der Waals surface area contributed by atoms with E-state index in [1.807, 2.05) is 38.4 Å². The van der Waals surface area contributed by atoms with E-state index in [1.54, 1.807) is 65.4 Å². The quantitative estimate of drug-likeness (QED) is 0.0791. The van der Waals surface area contributed by atoms with E-state index in [9.17, 15) is 19.5 Å². The second-order valence-corrected chi connectivity index (χ2v) is 16.0. The molecule has 2 aliphatic heterocycles. The predicted molar refractivity (Wildman–Crippen MR) is 234 cm³/mol. The van der Waals surface area contributed by atoms with Crippen molar-refractivity contribution in [2.24, 2.45) is 0 Å². The minimum absolute atomic E-state index is 0.0468. The maximum atomic E-state index is 14.1. The van der Waals surface area contributed by atoms with Crippen molar-refractivity contribution in [1.29, 1.82) is 0 Å². The average Bonchev–Trinajstić information content (AvgIpc) is 4.09. The summed E-state index contributed by atoms with van der Waals surface area (Å²) < 4.78 is 5.70. The van der Waals surface area contributed by atoms with E-state index in [2.05, 4.69) is 30.6 Å². The molecule has 2 aliphatic rings. The minimum atomic E-state index is -0.463. The summed E-state index contributed by atoms with van der Waals surface area (Å²) in [6.07, 6.45) is 3.78. The molecule has 0 bridgehead atoms. The minimum Gasteiger partial charge on any atom is -0.506 e. The molecular formula is C44H38Cl2N8O5. The summed E-state index contributed by atoms with van der Waals surface area (Å²) in [4.78, 5) is 57.6. The lowest BCUT2D eigenvalue weighted by Gasteiger charge is -2.18. The van der Waals surface area contributed by atoms with Gasteiger partial charge >= 0.3 is 6.03 Å². The molecule has 15 heteroatoms. The predicted octanol–water partition coefficient (Wildman–Crippen LogP) is 9.55. The molecule has 0 saturated carbocycles. The largest absolute Gasteiger partial charge is 0.506 e. The van der Waals surface area contributed by atoms with E-state index in [0.29, 0.717) is 64.6 Å². The number of amides is 4. The Morgan fingerprint density at radius 1 is 0.729 bits per heavy atom.